The lowest BCUT2D eigenvalue weighted by atomic mass is 10.1. The maximum absolute atomic E-state index is 12.4. The number of likely N-dealkylation sites (tertiary alicyclic amines) is 1. The standard InChI is InChI=1S/C17H18N2O2S.C13H17N3O2.C11H18O2/c1-9(2)13-8-22-17(19-13)12-7-14(20)11-5-6-15(21-4)10(3)16(11)18-12;14-13(18)11-7-4-8-16(11)12(17)9-15-10-5-2-1-3-6-10;1-2-3-4-5-6-7-9-8-10(9)11(12)13/h5-9H,1-4H3,(H,18,20);1-3,5-6,11,15H,4,7-9H2,(H2,14,18);6-7,9-10H,2-5,8H2,1H3,(H,12,13)/b;;7-6-. The first-order valence-electron chi connectivity index (χ1n) is 18.4. The average molecular weight is 744 g/mol. The predicted octanol–water partition coefficient (Wildman–Crippen LogP) is 7.51. The van der Waals surface area contributed by atoms with E-state index in [1.165, 1.54) is 19.3 Å². The number of primary amides is 1. The fourth-order valence-corrected chi connectivity index (χ4v) is 7.09. The van der Waals surface area contributed by atoms with Gasteiger partial charge in [0.15, 0.2) is 5.43 Å². The van der Waals surface area contributed by atoms with Gasteiger partial charge in [-0.2, -0.15) is 0 Å². The van der Waals surface area contributed by atoms with Crippen LogP contribution in [0.2, 0.25) is 0 Å². The Bertz CT molecular complexity index is 1920. The number of carboxylic acids is 1. The van der Waals surface area contributed by atoms with Gasteiger partial charge in [-0.25, -0.2) is 4.98 Å². The number of aromatic amines is 1. The highest BCUT2D eigenvalue weighted by molar-refractivity contribution is 7.13. The number of carbonyl (C=O) groups is 3. The molecule has 1 saturated heterocycles. The van der Waals surface area contributed by atoms with Crippen molar-refractivity contribution in [2.45, 2.75) is 84.6 Å². The van der Waals surface area contributed by atoms with E-state index < -0.39 is 17.9 Å². The summed E-state index contributed by atoms with van der Waals surface area (Å²) in [5.74, 6) is 0.256. The maximum Gasteiger partial charge on any atom is 0.307 e. The summed E-state index contributed by atoms with van der Waals surface area (Å²) in [6.45, 7) is 9.15. The van der Waals surface area contributed by atoms with Crippen LogP contribution < -0.4 is 21.2 Å². The summed E-state index contributed by atoms with van der Waals surface area (Å²) in [5.41, 5.74) is 9.70. The van der Waals surface area contributed by atoms with Gasteiger partial charge in [0.2, 0.25) is 11.8 Å². The van der Waals surface area contributed by atoms with E-state index in [0.717, 1.165) is 58.2 Å². The fraction of sp³-hybridized carbons (Fsp3) is 0.439. The molecule has 0 radical (unpaired) electrons. The number of aryl methyl sites for hydroxylation is 1. The number of allylic oxidation sites excluding steroid dienone is 2. The first-order chi connectivity index (χ1) is 25.4. The number of fused-ring (bicyclic) bond motifs is 1. The maximum atomic E-state index is 12.4. The third kappa shape index (κ3) is 11.5. The smallest absolute Gasteiger partial charge is 0.307 e. The van der Waals surface area contributed by atoms with Crippen LogP contribution in [0, 0.1) is 18.8 Å². The number of rotatable bonds is 13. The monoisotopic (exact) mass is 743 g/mol. The largest absolute Gasteiger partial charge is 0.496 e. The molecule has 2 aromatic carbocycles. The van der Waals surface area contributed by atoms with Crippen LogP contribution in [0.1, 0.15) is 82.9 Å². The van der Waals surface area contributed by atoms with Crippen LogP contribution in [-0.2, 0) is 14.4 Å². The van der Waals surface area contributed by atoms with Crippen molar-refractivity contribution in [1.29, 1.82) is 0 Å². The number of methoxy groups -OCH3 is 1. The van der Waals surface area contributed by atoms with Crippen LogP contribution in [0.25, 0.3) is 21.6 Å². The van der Waals surface area contributed by atoms with Gasteiger partial charge in [0.25, 0.3) is 0 Å². The number of nitrogens with one attached hydrogen (secondary N) is 2. The van der Waals surface area contributed by atoms with Crippen LogP contribution in [0.5, 0.6) is 5.75 Å². The molecule has 11 nitrogen and oxygen atoms in total. The molecule has 2 amide bonds. The van der Waals surface area contributed by atoms with Crippen LogP contribution in [0.4, 0.5) is 5.69 Å². The first kappa shape index (κ1) is 40.8. The van der Waals surface area contributed by atoms with E-state index in [4.69, 9.17) is 15.6 Å². The molecule has 2 aliphatic rings. The number of carbonyl (C=O) groups excluding carboxylic acids is 2. The molecule has 5 N–H and O–H groups in total. The molecule has 2 fully saturated rings. The lowest BCUT2D eigenvalue weighted by molar-refractivity contribution is -0.138. The van der Waals surface area contributed by atoms with Crippen LogP contribution >= 0.6 is 11.3 Å². The van der Waals surface area contributed by atoms with Crippen molar-refractivity contribution in [3.05, 3.63) is 87.5 Å². The molecule has 1 aliphatic heterocycles. The summed E-state index contributed by atoms with van der Waals surface area (Å²) in [4.78, 5) is 55.6. The minimum atomic E-state index is -0.636. The third-order valence-corrected chi connectivity index (χ3v) is 10.3. The van der Waals surface area contributed by atoms with Gasteiger partial charge < -0.3 is 30.8 Å². The van der Waals surface area contributed by atoms with Crippen molar-refractivity contribution in [2.24, 2.45) is 17.6 Å². The number of aliphatic carboxylic acids is 1. The summed E-state index contributed by atoms with van der Waals surface area (Å²) < 4.78 is 5.34. The van der Waals surface area contributed by atoms with Gasteiger partial charge >= 0.3 is 5.97 Å². The summed E-state index contributed by atoms with van der Waals surface area (Å²) >= 11 is 1.55. The van der Waals surface area contributed by atoms with Gasteiger partial charge in [0, 0.05) is 34.6 Å². The summed E-state index contributed by atoms with van der Waals surface area (Å²) in [6, 6.07) is 14.3. The number of anilines is 1. The number of nitrogens with zero attached hydrogens (tertiary/aromatic N) is 2. The molecule has 3 atom stereocenters. The zero-order valence-corrected chi connectivity index (χ0v) is 32.2. The van der Waals surface area contributed by atoms with E-state index >= 15 is 0 Å². The molecule has 1 saturated carbocycles. The lowest BCUT2D eigenvalue weighted by Gasteiger charge is -2.22. The van der Waals surface area contributed by atoms with Crippen molar-refractivity contribution >= 4 is 45.7 Å². The van der Waals surface area contributed by atoms with Crippen LogP contribution in [0.15, 0.2) is 70.9 Å². The molecule has 6 rings (SSSR count). The highest BCUT2D eigenvalue weighted by Crippen LogP contribution is 2.39. The predicted molar refractivity (Wildman–Crippen MR) is 212 cm³/mol. The number of benzene rings is 2. The highest BCUT2D eigenvalue weighted by atomic mass is 32.1. The fourth-order valence-electron chi connectivity index (χ4n) is 6.14. The number of hydrogen-bond acceptors (Lipinski definition) is 8. The second-order valence-corrected chi connectivity index (χ2v) is 14.6. The van der Waals surface area contributed by atoms with Gasteiger partial charge in [-0.15, -0.1) is 11.3 Å². The molecular formula is C41H53N5O6S. The Morgan fingerprint density at radius 1 is 1.17 bits per heavy atom. The molecule has 284 valence electrons. The van der Waals surface area contributed by atoms with Gasteiger partial charge in [-0.05, 0) is 75.1 Å². The Kier molecular flexibility index (Phi) is 15.2. The molecule has 4 aromatic rings. The van der Waals surface area contributed by atoms with Crippen molar-refractivity contribution in [3.63, 3.8) is 0 Å². The SMILES string of the molecule is CCCCC/C=C\C1CC1C(=O)O.COc1ccc2c(=O)cc(-c3nc(C(C)C)cs3)[nH]c2c1C.NC(=O)C1CCCN1C(=O)CNc1ccccc1. The Morgan fingerprint density at radius 2 is 1.92 bits per heavy atom. The van der Waals surface area contributed by atoms with E-state index in [0.29, 0.717) is 30.2 Å². The molecule has 53 heavy (non-hydrogen) atoms. The number of para-hydroxylation sites is 1. The number of carboxylic acid groups (broad SMARTS) is 1. The molecule has 12 heteroatoms. The Hall–Kier alpha value is -4.97. The zero-order chi connectivity index (χ0) is 38.5. The van der Waals surface area contributed by atoms with E-state index in [2.05, 4.69) is 48.2 Å². The number of aromatic nitrogens is 2. The van der Waals surface area contributed by atoms with E-state index in [1.807, 2.05) is 48.7 Å². The van der Waals surface area contributed by atoms with Gasteiger partial charge in [0.05, 0.1) is 36.5 Å². The van der Waals surface area contributed by atoms with Crippen molar-refractivity contribution < 1.29 is 24.2 Å². The molecule has 0 bridgehead atoms. The minimum Gasteiger partial charge on any atom is -0.496 e. The summed E-state index contributed by atoms with van der Waals surface area (Å²) in [7, 11) is 1.63. The lowest BCUT2D eigenvalue weighted by Crippen LogP contribution is -2.45. The number of hydrogen-bond donors (Lipinski definition) is 4. The topological polar surface area (TPSA) is 168 Å². The molecule has 2 aromatic heterocycles. The number of unbranched alkanes of at least 4 members (excludes halogenated alkanes) is 3. The first-order valence-corrected chi connectivity index (χ1v) is 19.3. The van der Waals surface area contributed by atoms with Crippen LogP contribution in [-0.4, -0.2) is 64.0 Å². The van der Waals surface area contributed by atoms with Crippen molar-refractivity contribution in [2.75, 3.05) is 25.5 Å². The van der Waals surface area contributed by atoms with Gasteiger partial charge in [0.1, 0.15) is 16.8 Å². The number of nitrogens with two attached hydrogens (primary N) is 1. The number of pyridine rings is 1. The third-order valence-electron chi connectivity index (χ3n) is 9.41. The number of ether oxygens (including phenoxy) is 1. The van der Waals surface area contributed by atoms with Crippen molar-refractivity contribution in [3.8, 4) is 16.5 Å². The summed E-state index contributed by atoms with van der Waals surface area (Å²) in [6.07, 6.45) is 11.4. The molecule has 3 unspecified atom stereocenters. The number of thiazole rings is 1. The van der Waals surface area contributed by atoms with E-state index in [1.54, 1.807) is 35.5 Å². The Labute approximate surface area is 315 Å². The van der Waals surface area contributed by atoms with Crippen LogP contribution in [0.3, 0.4) is 0 Å². The Balaban J connectivity index is 0.000000184. The van der Waals surface area contributed by atoms with Crippen molar-refractivity contribution in [1.82, 2.24) is 14.9 Å². The molecule has 1 aliphatic carbocycles. The van der Waals surface area contributed by atoms with Gasteiger partial charge in [-0.3, -0.25) is 19.2 Å². The quantitative estimate of drug-likeness (QED) is 0.0806. The average Bonchev–Trinajstić information content (AvgIpc) is 3.49. The zero-order valence-electron chi connectivity index (χ0n) is 31.4. The molecule has 0 spiro atoms. The number of H-pyrrole nitrogens is 1. The van der Waals surface area contributed by atoms with E-state index in [-0.39, 0.29) is 23.8 Å². The minimum absolute atomic E-state index is 0.00389. The van der Waals surface area contributed by atoms with Gasteiger partial charge in [-0.1, -0.05) is 64.0 Å². The Morgan fingerprint density at radius 3 is 2.55 bits per heavy atom. The molecule has 3 heterocycles. The highest BCUT2D eigenvalue weighted by Gasteiger charge is 2.40. The number of amides is 2. The second kappa shape index (κ2) is 19.8. The second-order valence-electron chi connectivity index (χ2n) is 13.7. The normalized spacial score (nSPS) is 17.5. The van der Waals surface area contributed by atoms with E-state index in [9.17, 15) is 19.2 Å². The molecular weight excluding hydrogens is 691 g/mol. The summed E-state index contributed by atoms with van der Waals surface area (Å²) in [5, 5.41) is 15.2.